The van der Waals surface area contributed by atoms with Gasteiger partial charge in [0.05, 0.1) is 16.3 Å². The van der Waals surface area contributed by atoms with Crippen molar-refractivity contribution in [1.82, 2.24) is 0 Å². The van der Waals surface area contributed by atoms with E-state index in [1.165, 1.54) is 12.1 Å². The van der Waals surface area contributed by atoms with Crippen LogP contribution < -0.4 is 11.1 Å². The number of benzene rings is 2. The van der Waals surface area contributed by atoms with Crippen molar-refractivity contribution in [3.8, 4) is 0 Å². The minimum atomic E-state index is -0.475. The molecule has 0 heterocycles. The van der Waals surface area contributed by atoms with Gasteiger partial charge in [-0.1, -0.05) is 23.7 Å². The van der Waals surface area contributed by atoms with Crippen LogP contribution in [0.5, 0.6) is 0 Å². The van der Waals surface area contributed by atoms with Crippen molar-refractivity contribution in [2.24, 2.45) is 0 Å². The van der Waals surface area contributed by atoms with Gasteiger partial charge in [0.15, 0.2) is 0 Å². The maximum absolute atomic E-state index is 13.1. The standard InChI is InChI=1S/C14H12ClFN2O/c1-8-3-2-4-11(17)13(8)14(19)18-12-7-9(16)5-6-10(12)15/h2-7H,17H2,1H3,(H,18,19). The van der Waals surface area contributed by atoms with Crippen LogP contribution in [0.1, 0.15) is 15.9 Å². The summed E-state index contributed by atoms with van der Waals surface area (Å²) in [6.45, 7) is 1.78. The van der Waals surface area contributed by atoms with Crippen LogP contribution in [0, 0.1) is 12.7 Å². The number of aryl methyl sites for hydroxylation is 1. The van der Waals surface area contributed by atoms with E-state index in [-0.39, 0.29) is 10.7 Å². The highest BCUT2D eigenvalue weighted by molar-refractivity contribution is 6.34. The predicted molar refractivity (Wildman–Crippen MR) is 75.0 cm³/mol. The first-order valence-electron chi connectivity index (χ1n) is 5.60. The number of nitrogen functional groups attached to an aromatic ring is 1. The molecule has 0 radical (unpaired) electrons. The van der Waals surface area contributed by atoms with E-state index in [0.29, 0.717) is 11.3 Å². The highest BCUT2D eigenvalue weighted by Crippen LogP contribution is 2.24. The zero-order valence-electron chi connectivity index (χ0n) is 10.2. The van der Waals surface area contributed by atoms with Crippen molar-refractivity contribution in [2.45, 2.75) is 6.92 Å². The molecule has 3 nitrogen and oxygen atoms in total. The Morgan fingerprint density at radius 1 is 1.32 bits per heavy atom. The number of hydrogen-bond donors (Lipinski definition) is 2. The second-order valence-corrected chi connectivity index (χ2v) is 4.52. The van der Waals surface area contributed by atoms with Gasteiger partial charge in [0.2, 0.25) is 0 Å². The van der Waals surface area contributed by atoms with Gasteiger partial charge in [-0.2, -0.15) is 0 Å². The monoisotopic (exact) mass is 278 g/mol. The Bertz CT molecular complexity index is 623. The number of amides is 1. The number of carbonyl (C=O) groups is 1. The molecule has 1 amide bonds. The minimum Gasteiger partial charge on any atom is -0.398 e. The lowest BCUT2D eigenvalue weighted by atomic mass is 10.1. The van der Waals surface area contributed by atoms with Crippen LogP contribution in [0.2, 0.25) is 5.02 Å². The second-order valence-electron chi connectivity index (χ2n) is 4.12. The van der Waals surface area contributed by atoms with Crippen molar-refractivity contribution in [3.05, 3.63) is 58.4 Å². The SMILES string of the molecule is Cc1cccc(N)c1C(=O)Nc1cc(F)ccc1Cl. The van der Waals surface area contributed by atoms with Gasteiger partial charge in [0, 0.05) is 5.69 Å². The molecule has 3 N–H and O–H groups in total. The van der Waals surface area contributed by atoms with Crippen molar-refractivity contribution in [2.75, 3.05) is 11.1 Å². The van der Waals surface area contributed by atoms with Crippen molar-refractivity contribution in [3.63, 3.8) is 0 Å². The number of halogens is 2. The molecule has 0 bridgehead atoms. The largest absolute Gasteiger partial charge is 0.398 e. The Hall–Kier alpha value is -2.07. The summed E-state index contributed by atoms with van der Waals surface area (Å²) in [6.07, 6.45) is 0. The highest BCUT2D eigenvalue weighted by Gasteiger charge is 2.14. The van der Waals surface area contributed by atoms with E-state index < -0.39 is 11.7 Å². The summed E-state index contributed by atoms with van der Waals surface area (Å²) >= 11 is 5.89. The van der Waals surface area contributed by atoms with E-state index in [0.717, 1.165) is 11.6 Å². The van der Waals surface area contributed by atoms with E-state index in [9.17, 15) is 9.18 Å². The van der Waals surface area contributed by atoms with E-state index >= 15 is 0 Å². The summed E-state index contributed by atoms with van der Waals surface area (Å²) < 4.78 is 13.1. The Morgan fingerprint density at radius 3 is 2.74 bits per heavy atom. The molecular weight excluding hydrogens is 267 g/mol. The average Bonchev–Trinajstić information content (AvgIpc) is 2.33. The summed E-state index contributed by atoms with van der Waals surface area (Å²) in [5, 5.41) is 2.82. The fourth-order valence-corrected chi connectivity index (χ4v) is 1.94. The van der Waals surface area contributed by atoms with Crippen LogP contribution in [-0.4, -0.2) is 5.91 Å². The molecule has 0 aromatic heterocycles. The number of anilines is 2. The average molecular weight is 279 g/mol. The Balaban J connectivity index is 2.34. The molecule has 2 aromatic carbocycles. The van der Waals surface area contributed by atoms with Crippen LogP contribution in [0.15, 0.2) is 36.4 Å². The summed E-state index contributed by atoms with van der Waals surface area (Å²) in [5.74, 6) is -0.888. The molecule has 0 aliphatic carbocycles. The van der Waals surface area contributed by atoms with Gasteiger partial charge in [-0.3, -0.25) is 4.79 Å². The van der Waals surface area contributed by atoms with E-state index in [1.54, 1.807) is 25.1 Å². The molecule has 2 rings (SSSR count). The van der Waals surface area contributed by atoms with Crippen molar-refractivity contribution in [1.29, 1.82) is 0 Å². The molecule has 0 fully saturated rings. The molecule has 98 valence electrons. The van der Waals surface area contributed by atoms with Gasteiger partial charge < -0.3 is 11.1 Å². The molecule has 0 atom stereocenters. The molecule has 0 unspecified atom stereocenters. The third-order valence-electron chi connectivity index (χ3n) is 2.71. The molecule has 19 heavy (non-hydrogen) atoms. The van der Waals surface area contributed by atoms with Gasteiger partial charge in [-0.25, -0.2) is 4.39 Å². The molecule has 5 heteroatoms. The van der Waals surface area contributed by atoms with Gasteiger partial charge in [0.1, 0.15) is 5.82 Å². The molecule has 2 aromatic rings. The molecule has 0 aliphatic heterocycles. The first-order chi connectivity index (χ1) is 8.99. The highest BCUT2D eigenvalue weighted by atomic mass is 35.5. The lowest BCUT2D eigenvalue weighted by molar-refractivity contribution is 0.102. The lowest BCUT2D eigenvalue weighted by Gasteiger charge is -2.11. The van der Waals surface area contributed by atoms with Crippen LogP contribution in [0.25, 0.3) is 0 Å². The van der Waals surface area contributed by atoms with Crippen LogP contribution >= 0.6 is 11.6 Å². The number of nitrogens with two attached hydrogens (primary N) is 1. The Kier molecular flexibility index (Phi) is 3.71. The summed E-state index contributed by atoms with van der Waals surface area (Å²) in [5.41, 5.74) is 7.46. The fourth-order valence-electron chi connectivity index (χ4n) is 1.78. The minimum absolute atomic E-state index is 0.217. The van der Waals surface area contributed by atoms with Crippen LogP contribution in [0.4, 0.5) is 15.8 Å². The van der Waals surface area contributed by atoms with Gasteiger partial charge in [0.25, 0.3) is 5.91 Å². The Labute approximate surface area is 115 Å². The zero-order chi connectivity index (χ0) is 14.0. The number of rotatable bonds is 2. The molecule has 0 aliphatic rings. The smallest absolute Gasteiger partial charge is 0.258 e. The van der Waals surface area contributed by atoms with E-state index in [4.69, 9.17) is 17.3 Å². The maximum Gasteiger partial charge on any atom is 0.258 e. The first-order valence-corrected chi connectivity index (χ1v) is 5.98. The first kappa shape index (κ1) is 13.4. The van der Waals surface area contributed by atoms with Crippen LogP contribution in [0.3, 0.4) is 0 Å². The second kappa shape index (κ2) is 5.28. The van der Waals surface area contributed by atoms with Crippen molar-refractivity contribution < 1.29 is 9.18 Å². The fraction of sp³-hybridized carbons (Fsp3) is 0.0714. The summed E-state index contributed by atoms with van der Waals surface area (Å²) in [4.78, 5) is 12.1. The topological polar surface area (TPSA) is 55.1 Å². The molecule has 0 spiro atoms. The lowest BCUT2D eigenvalue weighted by Crippen LogP contribution is -2.16. The third-order valence-corrected chi connectivity index (χ3v) is 3.04. The summed E-state index contributed by atoms with van der Waals surface area (Å²) in [6, 6.07) is 8.94. The van der Waals surface area contributed by atoms with Gasteiger partial charge in [-0.05, 0) is 36.8 Å². The van der Waals surface area contributed by atoms with E-state index in [2.05, 4.69) is 5.32 Å². The molecule has 0 saturated carbocycles. The van der Waals surface area contributed by atoms with Crippen molar-refractivity contribution >= 4 is 28.9 Å². The quantitative estimate of drug-likeness (QED) is 0.824. The number of carbonyl (C=O) groups excluding carboxylic acids is 1. The zero-order valence-corrected chi connectivity index (χ0v) is 11.0. The predicted octanol–water partition coefficient (Wildman–Crippen LogP) is 3.62. The Morgan fingerprint density at radius 2 is 2.05 bits per heavy atom. The van der Waals surface area contributed by atoms with Gasteiger partial charge >= 0.3 is 0 Å². The molecule has 0 saturated heterocycles. The number of hydrogen-bond acceptors (Lipinski definition) is 2. The third kappa shape index (κ3) is 2.85. The van der Waals surface area contributed by atoms with Crippen LogP contribution in [-0.2, 0) is 0 Å². The maximum atomic E-state index is 13.1. The summed E-state index contributed by atoms with van der Waals surface area (Å²) in [7, 11) is 0. The molecular formula is C14H12ClFN2O. The van der Waals surface area contributed by atoms with E-state index in [1.807, 2.05) is 0 Å². The van der Waals surface area contributed by atoms with Gasteiger partial charge in [-0.15, -0.1) is 0 Å². The number of nitrogens with one attached hydrogen (secondary N) is 1. The normalized spacial score (nSPS) is 10.3.